The van der Waals surface area contributed by atoms with Gasteiger partial charge in [0.1, 0.15) is 5.60 Å². The molecule has 2 rings (SSSR count). The highest BCUT2D eigenvalue weighted by Crippen LogP contribution is 2.29. The average Bonchev–Trinajstić information content (AvgIpc) is 2.55. The van der Waals surface area contributed by atoms with Gasteiger partial charge in [0.25, 0.3) is 0 Å². The Bertz CT molecular complexity index is 714. The molecule has 6 heteroatoms. The molecule has 1 aromatic carbocycles. The van der Waals surface area contributed by atoms with Gasteiger partial charge in [-0.05, 0) is 59.6 Å². The lowest BCUT2D eigenvalue weighted by Gasteiger charge is -2.38. The number of aryl methyl sites for hydroxylation is 1. The van der Waals surface area contributed by atoms with E-state index in [9.17, 15) is 9.59 Å². The summed E-state index contributed by atoms with van der Waals surface area (Å²) >= 11 is 0. The highest BCUT2D eigenvalue weighted by Gasteiger charge is 2.34. The van der Waals surface area contributed by atoms with Gasteiger partial charge < -0.3 is 19.7 Å². The summed E-state index contributed by atoms with van der Waals surface area (Å²) in [5.41, 5.74) is 1.98. The Balaban J connectivity index is 2.20. The summed E-state index contributed by atoms with van der Waals surface area (Å²) in [6.45, 7) is 14.8. The minimum atomic E-state index is -0.696. The maximum absolute atomic E-state index is 12.8. The zero-order chi connectivity index (χ0) is 21.1. The van der Waals surface area contributed by atoms with E-state index >= 15 is 0 Å². The molecule has 1 heterocycles. The second-order valence-electron chi connectivity index (χ2n) is 9.00. The summed E-state index contributed by atoms with van der Waals surface area (Å²) < 4.78 is 11.5. The van der Waals surface area contributed by atoms with Crippen LogP contribution >= 0.6 is 0 Å². The maximum atomic E-state index is 12.8. The molecule has 0 aromatic heterocycles. The molecule has 2 amide bonds. The number of ether oxygens (including phenoxy) is 2. The molecule has 1 aliphatic heterocycles. The number of carbonyl (C=O) groups is 2. The largest absolute Gasteiger partial charge is 0.443 e. The lowest BCUT2D eigenvalue weighted by Crippen LogP contribution is -2.52. The van der Waals surface area contributed by atoms with Crippen molar-refractivity contribution in [3.05, 3.63) is 34.9 Å². The van der Waals surface area contributed by atoms with E-state index in [1.807, 2.05) is 60.6 Å². The van der Waals surface area contributed by atoms with Gasteiger partial charge >= 0.3 is 6.09 Å². The minimum Gasteiger partial charge on any atom is -0.443 e. The second kappa shape index (κ2) is 8.52. The van der Waals surface area contributed by atoms with Crippen molar-refractivity contribution in [2.75, 3.05) is 13.2 Å². The standard InChI is InChI=1S/C22H34N2O4/c1-15-8-9-19(22(6,7)23-14-25)18(10-15)11-21(4,5)28-20(26)24-12-17(3)27-13-16(24)2/h8-10,14,16-17H,11-13H2,1-7H3,(H,23,25)/t16-,17-/m1/s1. The number of nitrogens with zero attached hydrogens (tertiary/aromatic N) is 1. The van der Waals surface area contributed by atoms with Gasteiger partial charge in [-0.15, -0.1) is 0 Å². The van der Waals surface area contributed by atoms with E-state index in [0.29, 0.717) is 19.6 Å². The smallest absolute Gasteiger partial charge is 0.410 e. The van der Waals surface area contributed by atoms with Crippen LogP contribution in [0.15, 0.2) is 18.2 Å². The molecule has 1 aromatic rings. The Morgan fingerprint density at radius 2 is 2.00 bits per heavy atom. The minimum absolute atomic E-state index is 0.00505. The Morgan fingerprint density at radius 3 is 2.64 bits per heavy atom. The fraction of sp³-hybridized carbons (Fsp3) is 0.636. The molecule has 0 spiro atoms. The van der Waals surface area contributed by atoms with Gasteiger partial charge in [0, 0.05) is 6.42 Å². The molecule has 156 valence electrons. The lowest BCUT2D eigenvalue weighted by molar-refractivity contribution is -0.111. The molecular formula is C22H34N2O4. The van der Waals surface area contributed by atoms with Crippen molar-refractivity contribution in [2.45, 2.75) is 78.2 Å². The molecular weight excluding hydrogens is 356 g/mol. The molecule has 1 aliphatic rings. The van der Waals surface area contributed by atoms with E-state index in [0.717, 1.165) is 23.1 Å². The van der Waals surface area contributed by atoms with Crippen LogP contribution in [0.2, 0.25) is 0 Å². The summed E-state index contributed by atoms with van der Waals surface area (Å²) in [4.78, 5) is 25.6. The van der Waals surface area contributed by atoms with Gasteiger partial charge in [-0.25, -0.2) is 4.79 Å². The van der Waals surface area contributed by atoms with Gasteiger partial charge in [0.05, 0.1) is 30.8 Å². The topological polar surface area (TPSA) is 67.9 Å². The molecule has 28 heavy (non-hydrogen) atoms. The van der Waals surface area contributed by atoms with Crippen molar-refractivity contribution in [3.63, 3.8) is 0 Å². The summed E-state index contributed by atoms with van der Waals surface area (Å²) in [5.74, 6) is 0. The number of carbonyl (C=O) groups excluding carboxylic acids is 2. The molecule has 1 N–H and O–H groups in total. The Labute approximate surface area is 168 Å². The van der Waals surface area contributed by atoms with Crippen LogP contribution in [0.4, 0.5) is 4.79 Å². The van der Waals surface area contributed by atoms with Gasteiger partial charge in [-0.2, -0.15) is 0 Å². The van der Waals surface area contributed by atoms with E-state index in [1.165, 1.54) is 0 Å². The number of benzene rings is 1. The van der Waals surface area contributed by atoms with Crippen LogP contribution < -0.4 is 5.32 Å². The highest BCUT2D eigenvalue weighted by atomic mass is 16.6. The molecule has 0 radical (unpaired) electrons. The first-order valence-electron chi connectivity index (χ1n) is 9.88. The predicted molar refractivity (Wildman–Crippen MR) is 109 cm³/mol. The second-order valence-corrected chi connectivity index (χ2v) is 9.00. The van der Waals surface area contributed by atoms with E-state index in [4.69, 9.17) is 9.47 Å². The number of amides is 2. The SMILES string of the molecule is Cc1ccc(C(C)(C)NC=O)c(CC(C)(C)OC(=O)N2C[C@@H](C)OC[C@H]2C)c1. The molecule has 0 saturated carbocycles. The van der Waals surface area contributed by atoms with Crippen LogP contribution in [-0.2, 0) is 26.2 Å². The van der Waals surface area contributed by atoms with Gasteiger partial charge in [0.15, 0.2) is 0 Å². The summed E-state index contributed by atoms with van der Waals surface area (Å²) in [6, 6.07) is 6.15. The number of nitrogens with one attached hydrogen (secondary N) is 1. The molecule has 0 bridgehead atoms. The quantitative estimate of drug-likeness (QED) is 0.755. The van der Waals surface area contributed by atoms with Crippen molar-refractivity contribution >= 4 is 12.5 Å². The lowest BCUT2D eigenvalue weighted by atomic mass is 9.84. The number of hydrogen-bond donors (Lipinski definition) is 1. The summed E-state index contributed by atoms with van der Waals surface area (Å²) in [7, 11) is 0. The maximum Gasteiger partial charge on any atom is 0.410 e. The first-order chi connectivity index (χ1) is 12.9. The highest BCUT2D eigenvalue weighted by molar-refractivity contribution is 5.68. The number of hydrogen-bond acceptors (Lipinski definition) is 4. The van der Waals surface area contributed by atoms with Crippen molar-refractivity contribution in [2.24, 2.45) is 0 Å². The average molecular weight is 391 g/mol. The third-order valence-electron chi connectivity index (χ3n) is 5.18. The van der Waals surface area contributed by atoms with Gasteiger partial charge in [0.2, 0.25) is 6.41 Å². The monoisotopic (exact) mass is 390 g/mol. The fourth-order valence-electron chi connectivity index (χ4n) is 3.65. The van der Waals surface area contributed by atoms with E-state index in [-0.39, 0.29) is 18.2 Å². The summed E-state index contributed by atoms with van der Waals surface area (Å²) in [5, 5.41) is 2.88. The first-order valence-corrected chi connectivity index (χ1v) is 9.88. The van der Waals surface area contributed by atoms with Crippen molar-refractivity contribution in [3.8, 4) is 0 Å². The van der Waals surface area contributed by atoms with Crippen LogP contribution in [0.25, 0.3) is 0 Å². The summed E-state index contributed by atoms with van der Waals surface area (Å²) in [6.07, 6.45) is 0.960. The molecule has 2 atom stereocenters. The Morgan fingerprint density at radius 1 is 1.32 bits per heavy atom. The van der Waals surface area contributed by atoms with E-state index in [2.05, 4.69) is 11.4 Å². The van der Waals surface area contributed by atoms with Gasteiger partial charge in [-0.1, -0.05) is 23.8 Å². The Hall–Kier alpha value is -2.08. The number of rotatable bonds is 6. The normalized spacial score (nSPS) is 20.6. The molecule has 0 unspecified atom stereocenters. The van der Waals surface area contributed by atoms with Crippen molar-refractivity contribution in [1.29, 1.82) is 0 Å². The zero-order valence-electron chi connectivity index (χ0n) is 18.2. The first kappa shape index (κ1) is 22.2. The molecule has 0 aliphatic carbocycles. The van der Waals surface area contributed by atoms with Crippen molar-refractivity contribution in [1.82, 2.24) is 10.2 Å². The van der Waals surface area contributed by atoms with Crippen LogP contribution in [0.3, 0.4) is 0 Å². The molecule has 1 saturated heterocycles. The fourth-order valence-corrected chi connectivity index (χ4v) is 3.65. The van der Waals surface area contributed by atoms with Gasteiger partial charge in [-0.3, -0.25) is 4.79 Å². The van der Waals surface area contributed by atoms with Crippen LogP contribution in [0.1, 0.15) is 58.2 Å². The van der Waals surface area contributed by atoms with Crippen LogP contribution in [-0.4, -0.2) is 48.3 Å². The zero-order valence-corrected chi connectivity index (χ0v) is 18.2. The third kappa shape index (κ3) is 5.47. The third-order valence-corrected chi connectivity index (χ3v) is 5.18. The van der Waals surface area contributed by atoms with E-state index in [1.54, 1.807) is 4.90 Å². The van der Waals surface area contributed by atoms with E-state index < -0.39 is 11.1 Å². The van der Waals surface area contributed by atoms with Crippen LogP contribution in [0, 0.1) is 6.92 Å². The van der Waals surface area contributed by atoms with Crippen molar-refractivity contribution < 1.29 is 19.1 Å². The molecule has 6 nitrogen and oxygen atoms in total. The molecule has 1 fully saturated rings. The number of morpholine rings is 1. The predicted octanol–water partition coefficient (Wildman–Crippen LogP) is 3.54. The van der Waals surface area contributed by atoms with Crippen LogP contribution in [0.5, 0.6) is 0 Å². The Kier molecular flexibility index (Phi) is 6.75.